The van der Waals surface area contributed by atoms with E-state index in [1.165, 1.54) is 103 Å². The minimum atomic E-state index is -0.821. The van der Waals surface area contributed by atoms with Gasteiger partial charge in [0.15, 0.2) is 0 Å². The first-order chi connectivity index (χ1) is 31.5. The molecule has 3 atom stereocenters. The van der Waals surface area contributed by atoms with E-state index in [1.54, 1.807) is 0 Å². The number of aliphatic hydroxyl groups is 2. The quantitative estimate of drug-likeness (QED) is 0.0245. The van der Waals surface area contributed by atoms with Crippen molar-refractivity contribution in [2.75, 3.05) is 6.61 Å². The third-order valence-electron chi connectivity index (χ3n) is 11.2. The van der Waals surface area contributed by atoms with Crippen molar-refractivity contribution in [1.82, 2.24) is 5.32 Å². The summed E-state index contributed by atoms with van der Waals surface area (Å²) < 4.78 is 5.86. The van der Waals surface area contributed by atoms with Crippen LogP contribution in [0.3, 0.4) is 0 Å². The summed E-state index contributed by atoms with van der Waals surface area (Å²) in [7, 11) is 0. The van der Waals surface area contributed by atoms with Gasteiger partial charge in [-0.25, -0.2) is 0 Å². The Bertz CT molecular complexity index is 1320. The van der Waals surface area contributed by atoms with Crippen LogP contribution in [0.15, 0.2) is 109 Å². The molecule has 0 aromatic carbocycles. The van der Waals surface area contributed by atoms with Crippen LogP contribution in [-0.4, -0.2) is 46.9 Å². The van der Waals surface area contributed by atoms with Gasteiger partial charge < -0.3 is 20.3 Å². The summed E-state index contributed by atoms with van der Waals surface area (Å²) in [6.45, 7) is 6.27. The van der Waals surface area contributed by atoms with E-state index in [2.05, 4.69) is 80.8 Å². The Morgan fingerprint density at radius 3 is 1.44 bits per heavy atom. The zero-order valence-electron chi connectivity index (χ0n) is 41.4. The Balaban J connectivity index is 4.79. The van der Waals surface area contributed by atoms with Gasteiger partial charge in [-0.1, -0.05) is 239 Å². The Morgan fingerprint density at radius 2 is 0.922 bits per heavy atom. The molecule has 6 heteroatoms. The number of unbranched alkanes of at least 4 members (excludes halogenated alkanes) is 19. The predicted octanol–water partition coefficient (Wildman–Crippen LogP) is 15.9. The minimum Gasteiger partial charge on any atom is -0.462 e. The second-order valence-corrected chi connectivity index (χ2v) is 17.3. The van der Waals surface area contributed by atoms with Gasteiger partial charge in [-0.3, -0.25) is 9.59 Å². The highest BCUT2D eigenvalue weighted by molar-refractivity contribution is 5.77. The van der Waals surface area contributed by atoms with E-state index in [4.69, 9.17) is 4.74 Å². The molecule has 0 rings (SSSR count). The van der Waals surface area contributed by atoms with E-state index >= 15 is 0 Å². The van der Waals surface area contributed by atoms with Crippen LogP contribution in [0.25, 0.3) is 0 Å². The maximum absolute atomic E-state index is 13.2. The molecule has 0 saturated heterocycles. The highest BCUT2D eigenvalue weighted by Gasteiger charge is 2.24. The highest BCUT2D eigenvalue weighted by Crippen LogP contribution is 2.16. The molecule has 0 saturated carbocycles. The maximum atomic E-state index is 13.2. The SMILES string of the molecule is CC/C=C/C=C/C=C\C=C/C=C/CCCC(=O)OC(CCC/C=C\C/C=C\C/C=C\C/C=C\CCCCC)CC(=O)NC(CO)C(O)CCCCCCCCCCCCCCCCC. The van der Waals surface area contributed by atoms with Crippen LogP contribution in [0.1, 0.15) is 220 Å². The second-order valence-electron chi connectivity index (χ2n) is 17.3. The van der Waals surface area contributed by atoms with Gasteiger partial charge in [0.2, 0.25) is 5.91 Å². The van der Waals surface area contributed by atoms with Gasteiger partial charge in [0.25, 0.3) is 0 Å². The van der Waals surface area contributed by atoms with Crippen molar-refractivity contribution in [1.29, 1.82) is 0 Å². The molecule has 0 bridgehead atoms. The van der Waals surface area contributed by atoms with Crippen molar-refractivity contribution in [3.8, 4) is 0 Å². The summed E-state index contributed by atoms with van der Waals surface area (Å²) >= 11 is 0. The number of nitrogens with one attached hydrogen (secondary N) is 1. The van der Waals surface area contributed by atoms with Crippen molar-refractivity contribution in [2.24, 2.45) is 0 Å². The molecule has 0 aliphatic heterocycles. The van der Waals surface area contributed by atoms with Crippen molar-refractivity contribution in [2.45, 2.75) is 238 Å². The predicted molar refractivity (Wildman–Crippen MR) is 277 cm³/mol. The monoisotopic (exact) mass is 888 g/mol. The summed E-state index contributed by atoms with van der Waals surface area (Å²) in [6, 6.07) is -0.741. The van der Waals surface area contributed by atoms with Crippen LogP contribution in [0.4, 0.5) is 0 Å². The van der Waals surface area contributed by atoms with Crippen molar-refractivity contribution >= 4 is 11.9 Å². The average molecular weight is 888 g/mol. The fraction of sp³-hybridized carbons (Fsp3) is 0.655. The van der Waals surface area contributed by atoms with Gasteiger partial charge in [0.1, 0.15) is 6.10 Å². The van der Waals surface area contributed by atoms with Crippen LogP contribution in [0.2, 0.25) is 0 Å². The van der Waals surface area contributed by atoms with Gasteiger partial charge in [-0.15, -0.1) is 0 Å². The number of hydrogen-bond donors (Lipinski definition) is 3. The Labute approximate surface area is 394 Å². The molecule has 0 radical (unpaired) electrons. The molecule has 0 aromatic heterocycles. The number of ether oxygens (including phenoxy) is 1. The normalized spacial score (nSPS) is 14.1. The number of allylic oxidation sites excluding steroid dienone is 18. The lowest BCUT2D eigenvalue weighted by molar-refractivity contribution is -0.151. The largest absolute Gasteiger partial charge is 0.462 e. The van der Waals surface area contributed by atoms with Crippen LogP contribution < -0.4 is 5.32 Å². The lowest BCUT2D eigenvalue weighted by atomic mass is 10.0. The molecule has 0 spiro atoms. The number of rotatable bonds is 45. The van der Waals surface area contributed by atoms with Crippen LogP contribution in [0.5, 0.6) is 0 Å². The van der Waals surface area contributed by atoms with Gasteiger partial charge in [0.05, 0.1) is 25.2 Å². The van der Waals surface area contributed by atoms with Gasteiger partial charge >= 0.3 is 5.97 Å². The van der Waals surface area contributed by atoms with Gasteiger partial charge in [-0.2, -0.15) is 0 Å². The molecule has 6 nitrogen and oxygen atoms in total. The molecule has 1 amide bonds. The summed E-state index contributed by atoms with van der Waals surface area (Å²) in [5.41, 5.74) is 0. The molecule has 64 heavy (non-hydrogen) atoms. The minimum absolute atomic E-state index is 0.00479. The van der Waals surface area contributed by atoms with E-state index in [0.717, 1.165) is 64.2 Å². The summed E-state index contributed by atoms with van der Waals surface area (Å²) in [6.07, 6.45) is 68.7. The lowest BCUT2D eigenvalue weighted by Gasteiger charge is -2.24. The zero-order chi connectivity index (χ0) is 46.7. The number of carbonyl (C=O) groups is 2. The molecule has 0 fully saturated rings. The van der Waals surface area contributed by atoms with E-state index in [9.17, 15) is 19.8 Å². The van der Waals surface area contributed by atoms with E-state index in [0.29, 0.717) is 19.3 Å². The zero-order valence-corrected chi connectivity index (χ0v) is 41.4. The first kappa shape index (κ1) is 60.5. The Kier molecular flexibility index (Phi) is 47.8. The standard InChI is InChI=1S/C58H97NO5/c1-4-7-10-13-16-19-22-25-27-28-30-32-34-37-40-43-46-49-54(64-58(63)51-48-45-42-39-36-31-24-21-18-15-12-9-6-3)52-57(62)59-55(53-60)56(61)50-47-44-41-38-35-33-29-26-23-20-17-14-11-8-5-2/h9,12,15-16,18-19,21,24-25,27,30-32,36-37,39-40,42,54-56,60-61H,4-8,10-11,13-14,17,20,22-23,26,28-29,33-35,38,41,43-53H2,1-3H3,(H,59,62)/b12-9+,18-15+,19-16-,24-21-,27-25-,32-30-,36-31-,40-37-,42-39+. The number of esters is 1. The summed E-state index contributed by atoms with van der Waals surface area (Å²) in [5.74, 6) is -0.625. The topological polar surface area (TPSA) is 95.9 Å². The highest BCUT2D eigenvalue weighted by atomic mass is 16.5. The smallest absolute Gasteiger partial charge is 0.306 e. The molecule has 3 unspecified atom stereocenters. The number of aliphatic hydroxyl groups excluding tert-OH is 2. The van der Waals surface area contributed by atoms with E-state index in [-0.39, 0.29) is 31.3 Å². The first-order valence-electron chi connectivity index (χ1n) is 26.2. The third kappa shape index (κ3) is 45.1. The number of carbonyl (C=O) groups excluding carboxylic acids is 2. The molecule has 0 aliphatic carbocycles. The van der Waals surface area contributed by atoms with Crippen molar-refractivity contribution in [3.63, 3.8) is 0 Å². The van der Waals surface area contributed by atoms with Crippen LogP contribution in [-0.2, 0) is 14.3 Å². The van der Waals surface area contributed by atoms with Crippen LogP contribution >= 0.6 is 0 Å². The fourth-order valence-electron chi connectivity index (χ4n) is 7.27. The number of amides is 1. The maximum Gasteiger partial charge on any atom is 0.306 e. The second kappa shape index (κ2) is 50.5. The molecular formula is C58H97NO5. The van der Waals surface area contributed by atoms with Gasteiger partial charge in [-0.05, 0) is 77.0 Å². The molecule has 364 valence electrons. The van der Waals surface area contributed by atoms with Crippen molar-refractivity contribution < 1.29 is 24.5 Å². The molecule has 0 heterocycles. The lowest BCUT2D eigenvalue weighted by Crippen LogP contribution is -2.46. The molecule has 0 aliphatic rings. The van der Waals surface area contributed by atoms with Gasteiger partial charge in [0, 0.05) is 6.42 Å². The summed E-state index contributed by atoms with van der Waals surface area (Å²) in [4.78, 5) is 26.1. The van der Waals surface area contributed by atoms with E-state index in [1.807, 2.05) is 54.7 Å². The Morgan fingerprint density at radius 1 is 0.484 bits per heavy atom. The van der Waals surface area contributed by atoms with Crippen molar-refractivity contribution in [3.05, 3.63) is 109 Å². The molecular weight excluding hydrogens is 791 g/mol. The Hall–Kier alpha value is -3.48. The van der Waals surface area contributed by atoms with E-state index < -0.39 is 18.2 Å². The molecule has 3 N–H and O–H groups in total. The first-order valence-corrected chi connectivity index (χ1v) is 26.2. The number of hydrogen-bond acceptors (Lipinski definition) is 5. The van der Waals surface area contributed by atoms with Crippen LogP contribution in [0, 0.1) is 0 Å². The average Bonchev–Trinajstić information content (AvgIpc) is 3.29. The summed E-state index contributed by atoms with van der Waals surface area (Å²) in [5, 5.41) is 23.8. The fourth-order valence-corrected chi connectivity index (χ4v) is 7.27. The molecule has 0 aromatic rings. The third-order valence-corrected chi connectivity index (χ3v) is 11.2.